The lowest BCUT2D eigenvalue weighted by Gasteiger charge is -2.40. The summed E-state index contributed by atoms with van der Waals surface area (Å²) in [5.74, 6) is -0.321. The number of carbonyl (C=O) groups excluding carboxylic acids is 1. The van der Waals surface area contributed by atoms with Gasteiger partial charge in [0, 0.05) is 6.42 Å². The van der Waals surface area contributed by atoms with Crippen molar-refractivity contribution in [3.05, 3.63) is 97.2 Å². The molecule has 1 rings (SSSR count). The molecule has 6 N–H and O–H groups in total. The highest BCUT2D eigenvalue weighted by atomic mass is 16.7. The molecule has 0 bridgehead atoms. The first-order chi connectivity index (χ1) is 30.8. The maximum atomic E-state index is 12.9. The number of aliphatic hydroxyl groups is 5. The summed E-state index contributed by atoms with van der Waals surface area (Å²) < 4.78 is 11.2. The second kappa shape index (κ2) is 43.0. The van der Waals surface area contributed by atoms with Gasteiger partial charge in [0.15, 0.2) is 6.29 Å². The molecule has 0 radical (unpaired) electrons. The zero-order valence-corrected chi connectivity index (χ0v) is 39.5. The summed E-state index contributed by atoms with van der Waals surface area (Å²) in [5.41, 5.74) is 0. The van der Waals surface area contributed by atoms with Crippen molar-refractivity contribution in [1.29, 1.82) is 0 Å². The summed E-state index contributed by atoms with van der Waals surface area (Å²) in [6.45, 7) is 3.57. The van der Waals surface area contributed by atoms with Gasteiger partial charge in [-0.2, -0.15) is 0 Å². The lowest BCUT2D eigenvalue weighted by Crippen LogP contribution is -2.60. The minimum Gasteiger partial charge on any atom is -0.394 e. The fourth-order valence-electron chi connectivity index (χ4n) is 7.20. The van der Waals surface area contributed by atoms with E-state index in [9.17, 15) is 30.3 Å². The largest absolute Gasteiger partial charge is 0.394 e. The van der Waals surface area contributed by atoms with Gasteiger partial charge in [0.25, 0.3) is 0 Å². The Kier molecular flexibility index (Phi) is 39.7. The molecule has 7 unspecified atom stereocenters. The summed E-state index contributed by atoms with van der Waals surface area (Å²) in [6.07, 6.45) is 55.0. The third kappa shape index (κ3) is 33.3. The van der Waals surface area contributed by atoms with E-state index in [0.29, 0.717) is 12.8 Å². The monoisotopic (exact) mass is 882 g/mol. The van der Waals surface area contributed by atoms with Crippen LogP contribution in [0.15, 0.2) is 97.2 Å². The first kappa shape index (κ1) is 58.1. The maximum absolute atomic E-state index is 12.9. The number of unbranched alkanes of at least 4 members (excludes halogenated alkanes) is 17. The lowest BCUT2D eigenvalue weighted by molar-refractivity contribution is -0.302. The summed E-state index contributed by atoms with van der Waals surface area (Å²) in [6, 6.07) is -0.888. The van der Waals surface area contributed by atoms with Crippen molar-refractivity contribution in [2.24, 2.45) is 0 Å². The number of nitrogens with one attached hydrogen (secondary N) is 1. The smallest absolute Gasteiger partial charge is 0.224 e. The molecule has 9 heteroatoms. The Bertz CT molecular complexity index is 1300. The molecule has 1 heterocycles. The Balaban J connectivity index is 2.38. The minimum absolute atomic E-state index is 0.0972. The average molecular weight is 882 g/mol. The Morgan fingerprint density at radius 1 is 0.556 bits per heavy atom. The highest BCUT2D eigenvalue weighted by Crippen LogP contribution is 2.22. The predicted molar refractivity (Wildman–Crippen MR) is 262 cm³/mol. The van der Waals surface area contributed by atoms with Gasteiger partial charge in [0.05, 0.1) is 25.4 Å². The molecule has 63 heavy (non-hydrogen) atoms. The Morgan fingerprint density at radius 3 is 1.49 bits per heavy atom. The van der Waals surface area contributed by atoms with Crippen LogP contribution < -0.4 is 5.32 Å². The van der Waals surface area contributed by atoms with Gasteiger partial charge in [-0.15, -0.1) is 0 Å². The van der Waals surface area contributed by atoms with Crippen LogP contribution in [0, 0.1) is 0 Å². The van der Waals surface area contributed by atoms with Crippen molar-refractivity contribution < 1.29 is 39.8 Å². The molecule has 0 aromatic carbocycles. The van der Waals surface area contributed by atoms with E-state index >= 15 is 0 Å². The number of aliphatic hydroxyl groups excluding tert-OH is 5. The summed E-state index contributed by atoms with van der Waals surface area (Å²) >= 11 is 0. The van der Waals surface area contributed by atoms with E-state index in [1.807, 2.05) is 18.2 Å². The maximum Gasteiger partial charge on any atom is 0.224 e. The van der Waals surface area contributed by atoms with Gasteiger partial charge in [-0.3, -0.25) is 4.79 Å². The quantitative estimate of drug-likeness (QED) is 0.0263. The highest BCUT2D eigenvalue weighted by Gasteiger charge is 2.44. The molecular weight excluding hydrogens is 791 g/mol. The Hall–Kier alpha value is -2.89. The molecule has 0 aliphatic carbocycles. The molecular formula is C54H91NO8. The summed E-state index contributed by atoms with van der Waals surface area (Å²) in [5, 5.41) is 54.1. The SMILES string of the molecule is CC/C=C\C/C=C\C/C=C\C/C=C\C/C=C\CC(=O)NC(COC1OC(CO)C(O)C(O)C1O)C(O)/C=C/CC/C=C/CC/C=C/CCCCCCCCCCCCCCCCC. The van der Waals surface area contributed by atoms with Gasteiger partial charge in [-0.25, -0.2) is 0 Å². The average Bonchev–Trinajstić information content (AvgIpc) is 3.28. The first-order valence-electron chi connectivity index (χ1n) is 25.0. The molecule has 7 atom stereocenters. The fourth-order valence-corrected chi connectivity index (χ4v) is 7.20. The zero-order valence-electron chi connectivity index (χ0n) is 39.5. The van der Waals surface area contributed by atoms with Gasteiger partial charge >= 0.3 is 0 Å². The van der Waals surface area contributed by atoms with Gasteiger partial charge < -0.3 is 40.3 Å². The topological polar surface area (TPSA) is 149 Å². The first-order valence-corrected chi connectivity index (χ1v) is 25.0. The number of hydrogen-bond donors (Lipinski definition) is 6. The van der Waals surface area contributed by atoms with Crippen LogP contribution >= 0.6 is 0 Å². The van der Waals surface area contributed by atoms with Crippen LogP contribution in [0.1, 0.15) is 181 Å². The van der Waals surface area contributed by atoms with E-state index in [2.05, 4.69) is 86.0 Å². The van der Waals surface area contributed by atoms with Crippen molar-refractivity contribution in [3.63, 3.8) is 0 Å². The third-order valence-electron chi connectivity index (χ3n) is 11.1. The molecule has 0 aromatic rings. The molecule has 1 aliphatic heterocycles. The molecule has 1 amide bonds. The lowest BCUT2D eigenvalue weighted by atomic mass is 9.99. The fraction of sp³-hybridized carbons (Fsp3) is 0.685. The van der Waals surface area contributed by atoms with E-state index in [1.165, 1.54) is 96.3 Å². The number of rotatable bonds is 40. The van der Waals surface area contributed by atoms with Gasteiger partial charge in [0.2, 0.25) is 5.91 Å². The van der Waals surface area contributed by atoms with Crippen LogP contribution in [0.3, 0.4) is 0 Å². The van der Waals surface area contributed by atoms with E-state index < -0.39 is 49.5 Å². The van der Waals surface area contributed by atoms with Crippen molar-refractivity contribution in [2.75, 3.05) is 13.2 Å². The van der Waals surface area contributed by atoms with Gasteiger partial charge in [-0.1, -0.05) is 201 Å². The zero-order chi connectivity index (χ0) is 45.9. The van der Waals surface area contributed by atoms with Crippen molar-refractivity contribution in [3.8, 4) is 0 Å². The molecule has 360 valence electrons. The highest BCUT2D eigenvalue weighted by molar-refractivity contribution is 5.77. The van der Waals surface area contributed by atoms with Gasteiger partial charge in [0.1, 0.15) is 24.4 Å². The number of hydrogen-bond acceptors (Lipinski definition) is 8. The number of ether oxygens (including phenoxy) is 2. The summed E-state index contributed by atoms with van der Waals surface area (Å²) in [4.78, 5) is 12.9. The second-order valence-corrected chi connectivity index (χ2v) is 16.9. The van der Waals surface area contributed by atoms with Crippen LogP contribution in [0.25, 0.3) is 0 Å². The van der Waals surface area contributed by atoms with Crippen molar-refractivity contribution in [2.45, 2.75) is 224 Å². The predicted octanol–water partition coefficient (Wildman–Crippen LogP) is 11.3. The van der Waals surface area contributed by atoms with Crippen LogP contribution in [0.4, 0.5) is 0 Å². The van der Waals surface area contributed by atoms with Crippen LogP contribution in [-0.2, 0) is 14.3 Å². The van der Waals surface area contributed by atoms with E-state index in [1.54, 1.807) is 12.2 Å². The molecule has 0 saturated carbocycles. The van der Waals surface area contributed by atoms with Crippen LogP contribution in [-0.4, -0.2) is 87.5 Å². The van der Waals surface area contributed by atoms with Crippen LogP contribution in [0.2, 0.25) is 0 Å². The standard InChI is InChI=1S/C54H91NO8/c1-3-5-7-9-11-13-15-17-19-20-21-22-23-24-25-26-27-28-30-31-33-35-37-39-41-43-48(57)47(46-62-54-53(61)52(60)51(59)49(45-56)63-54)55-50(58)44-42-40-38-36-34-32-29-18-16-14-12-10-8-6-4-2/h6,8,12,14,18,27-29,33-36,40-43,47-49,51-54,56-57,59-61H,3-5,7,9-11,13,15-17,19-26,30-32,37-39,44-46H2,1-2H3,(H,55,58)/b8-6-,14-12-,28-27+,29-18-,35-33+,36-34-,42-40-,43-41+. The third-order valence-corrected chi connectivity index (χ3v) is 11.1. The molecule has 1 fully saturated rings. The van der Waals surface area contributed by atoms with E-state index in [0.717, 1.165) is 51.4 Å². The molecule has 1 saturated heterocycles. The normalized spacial score (nSPS) is 21.0. The molecule has 0 aromatic heterocycles. The molecule has 1 aliphatic rings. The Morgan fingerprint density at radius 2 is 1.00 bits per heavy atom. The number of amides is 1. The van der Waals surface area contributed by atoms with Gasteiger partial charge in [-0.05, 0) is 70.6 Å². The van der Waals surface area contributed by atoms with E-state index in [-0.39, 0.29) is 18.9 Å². The second-order valence-electron chi connectivity index (χ2n) is 16.9. The molecule has 0 spiro atoms. The minimum atomic E-state index is -1.60. The Labute approximate surface area is 383 Å². The molecule has 9 nitrogen and oxygen atoms in total. The number of carbonyl (C=O) groups is 1. The summed E-state index contributed by atoms with van der Waals surface area (Å²) in [7, 11) is 0. The van der Waals surface area contributed by atoms with Crippen molar-refractivity contribution in [1.82, 2.24) is 5.32 Å². The van der Waals surface area contributed by atoms with E-state index in [4.69, 9.17) is 9.47 Å². The number of allylic oxidation sites excluding steroid dienone is 14. The van der Waals surface area contributed by atoms with Crippen molar-refractivity contribution >= 4 is 5.91 Å². The van der Waals surface area contributed by atoms with Crippen LogP contribution in [0.5, 0.6) is 0 Å².